The molecule has 0 radical (unpaired) electrons. The molecule has 1 aliphatic rings. The van der Waals surface area contributed by atoms with Gasteiger partial charge in [0.2, 0.25) is 5.78 Å². The minimum absolute atomic E-state index is 0.128. The minimum atomic E-state index is -0.684. The van der Waals surface area contributed by atoms with E-state index in [1.54, 1.807) is 6.20 Å². The van der Waals surface area contributed by atoms with Crippen LogP contribution in [-0.4, -0.2) is 43.4 Å². The summed E-state index contributed by atoms with van der Waals surface area (Å²) in [5.74, 6) is 0.124. The molecule has 6 heteroatoms. The van der Waals surface area contributed by atoms with Gasteiger partial charge in [0.25, 0.3) is 0 Å². The van der Waals surface area contributed by atoms with Crippen LogP contribution >= 0.6 is 0 Å². The zero-order chi connectivity index (χ0) is 15.0. The Kier molecular flexibility index (Phi) is 3.41. The van der Waals surface area contributed by atoms with Crippen LogP contribution < -0.4 is 0 Å². The minimum Gasteiger partial charge on any atom is -0.481 e. The maximum absolute atomic E-state index is 11.6. The molecular weight excluding hydrogens is 268 g/mol. The monoisotopic (exact) mass is 288 g/mol. The molecule has 0 saturated carbocycles. The van der Waals surface area contributed by atoms with Crippen molar-refractivity contribution in [1.82, 2.24) is 19.3 Å². The third-order valence-corrected chi connectivity index (χ3v) is 4.58. The van der Waals surface area contributed by atoms with Crippen LogP contribution in [0.1, 0.15) is 26.0 Å². The van der Waals surface area contributed by atoms with Crippen LogP contribution in [-0.2, 0) is 11.3 Å². The Morgan fingerprint density at radius 1 is 1.52 bits per heavy atom. The lowest BCUT2D eigenvalue weighted by Crippen LogP contribution is -2.39. The summed E-state index contributed by atoms with van der Waals surface area (Å²) in [4.78, 5) is 22.5. The highest BCUT2D eigenvalue weighted by Crippen LogP contribution is 2.38. The molecule has 0 aromatic carbocycles. The number of imidazole rings is 1. The summed E-state index contributed by atoms with van der Waals surface area (Å²) in [7, 11) is 0. The number of likely N-dealkylation sites (tertiary alicyclic amines) is 1. The quantitative estimate of drug-likeness (QED) is 0.926. The van der Waals surface area contributed by atoms with Crippen molar-refractivity contribution >= 4 is 11.7 Å². The average Bonchev–Trinajstić information content (AvgIpc) is 3.02. The van der Waals surface area contributed by atoms with Gasteiger partial charge >= 0.3 is 5.97 Å². The first-order valence-corrected chi connectivity index (χ1v) is 7.25. The van der Waals surface area contributed by atoms with E-state index in [0.29, 0.717) is 25.3 Å². The Labute approximate surface area is 123 Å². The number of carboxylic acid groups (broad SMARTS) is 1. The van der Waals surface area contributed by atoms with E-state index in [-0.39, 0.29) is 5.92 Å². The van der Waals surface area contributed by atoms with Gasteiger partial charge in [-0.3, -0.25) is 14.1 Å². The molecule has 3 rings (SSSR count). The van der Waals surface area contributed by atoms with Crippen LogP contribution in [0.15, 0.2) is 24.7 Å². The maximum atomic E-state index is 11.6. The fourth-order valence-electron chi connectivity index (χ4n) is 3.13. The van der Waals surface area contributed by atoms with Crippen LogP contribution in [0.25, 0.3) is 5.78 Å². The predicted molar refractivity (Wildman–Crippen MR) is 77.8 cm³/mol. The van der Waals surface area contributed by atoms with E-state index >= 15 is 0 Å². The zero-order valence-electron chi connectivity index (χ0n) is 12.4. The van der Waals surface area contributed by atoms with E-state index in [2.05, 4.69) is 14.9 Å². The molecule has 1 atom stereocenters. The van der Waals surface area contributed by atoms with Gasteiger partial charge in [-0.05, 0) is 24.9 Å². The van der Waals surface area contributed by atoms with Crippen LogP contribution in [0.2, 0.25) is 0 Å². The molecule has 0 spiro atoms. The molecule has 1 N–H and O–H groups in total. The number of hydrogen-bond acceptors (Lipinski definition) is 4. The Bertz CT molecular complexity index is 633. The maximum Gasteiger partial charge on any atom is 0.311 e. The standard InChI is InChI=1S/C15H20N4O2/c1-11(2)15(13(20)21)4-7-18(10-15)8-12-9-19-6-3-5-16-14(19)17-12/h3,5-6,9,11H,4,7-8,10H2,1-2H3,(H,20,21). The van der Waals surface area contributed by atoms with Gasteiger partial charge in [0, 0.05) is 31.7 Å². The predicted octanol–water partition coefficient (Wildman–Crippen LogP) is 1.66. The second kappa shape index (κ2) is 5.11. The summed E-state index contributed by atoms with van der Waals surface area (Å²) in [6.45, 7) is 6.04. The van der Waals surface area contributed by atoms with Gasteiger partial charge in [-0.2, -0.15) is 0 Å². The first kappa shape index (κ1) is 14.0. The smallest absolute Gasteiger partial charge is 0.311 e. The lowest BCUT2D eigenvalue weighted by molar-refractivity contribution is -0.151. The van der Waals surface area contributed by atoms with E-state index in [1.807, 2.05) is 36.7 Å². The fourth-order valence-corrected chi connectivity index (χ4v) is 3.13. The first-order valence-electron chi connectivity index (χ1n) is 7.25. The Morgan fingerprint density at radius 2 is 2.33 bits per heavy atom. The highest BCUT2D eigenvalue weighted by molar-refractivity contribution is 5.75. The normalized spacial score (nSPS) is 23.2. The number of rotatable bonds is 4. The van der Waals surface area contributed by atoms with Crippen LogP contribution in [0, 0.1) is 11.3 Å². The van der Waals surface area contributed by atoms with Gasteiger partial charge in [-0.25, -0.2) is 9.97 Å². The highest BCUT2D eigenvalue weighted by atomic mass is 16.4. The van der Waals surface area contributed by atoms with Crippen LogP contribution in [0.5, 0.6) is 0 Å². The van der Waals surface area contributed by atoms with Crippen molar-refractivity contribution in [3.05, 3.63) is 30.4 Å². The number of nitrogens with zero attached hydrogens (tertiary/aromatic N) is 4. The number of aromatic nitrogens is 3. The summed E-state index contributed by atoms with van der Waals surface area (Å²) in [5, 5.41) is 9.58. The van der Waals surface area contributed by atoms with E-state index in [4.69, 9.17) is 0 Å². The van der Waals surface area contributed by atoms with E-state index < -0.39 is 11.4 Å². The lowest BCUT2D eigenvalue weighted by Gasteiger charge is -2.28. The average molecular weight is 288 g/mol. The van der Waals surface area contributed by atoms with Crippen molar-refractivity contribution in [3.63, 3.8) is 0 Å². The van der Waals surface area contributed by atoms with Gasteiger partial charge < -0.3 is 5.11 Å². The first-order chi connectivity index (χ1) is 10.0. The third-order valence-electron chi connectivity index (χ3n) is 4.58. The Hall–Kier alpha value is -1.95. The summed E-state index contributed by atoms with van der Waals surface area (Å²) >= 11 is 0. The summed E-state index contributed by atoms with van der Waals surface area (Å²) < 4.78 is 1.89. The SMILES string of the molecule is CC(C)C1(C(=O)O)CCN(Cc2cn3cccnc3n2)C1. The molecule has 2 aromatic rings. The van der Waals surface area contributed by atoms with Crippen LogP contribution in [0.3, 0.4) is 0 Å². The molecule has 21 heavy (non-hydrogen) atoms. The van der Waals surface area contributed by atoms with E-state index in [9.17, 15) is 9.90 Å². The number of carbonyl (C=O) groups is 1. The largest absolute Gasteiger partial charge is 0.481 e. The van der Waals surface area contributed by atoms with E-state index in [1.165, 1.54) is 0 Å². The summed E-state index contributed by atoms with van der Waals surface area (Å²) in [5.41, 5.74) is 0.302. The Balaban J connectivity index is 1.76. The molecule has 1 unspecified atom stereocenters. The van der Waals surface area contributed by atoms with Crippen molar-refractivity contribution < 1.29 is 9.90 Å². The zero-order valence-corrected chi connectivity index (χ0v) is 12.4. The lowest BCUT2D eigenvalue weighted by atomic mass is 9.76. The molecule has 112 valence electrons. The van der Waals surface area contributed by atoms with Crippen molar-refractivity contribution in [2.24, 2.45) is 11.3 Å². The fraction of sp³-hybridized carbons (Fsp3) is 0.533. The molecule has 1 saturated heterocycles. The molecule has 6 nitrogen and oxygen atoms in total. The number of fused-ring (bicyclic) bond motifs is 1. The number of carboxylic acids is 1. The second-order valence-electron chi connectivity index (χ2n) is 6.14. The Morgan fingerprint density at radius 3 is 2.95 bits per heavy atom. The topological polar surface area (TPSA) is 70.7 Å². The van der Waals surface area contributed by atoms with Crippen molar-refractivity contribution in [2.75, 3.05) is 13.1 Å². The number of hydrogen-bond donors (Lipinski definition) is 1. The highest BCUT2D eigenvalue weighted by Gasteiger charge is 2.47. The molecule has 1 aliphatic heterocycles. The number of aliphatic carboxylic acids is 1. The molecule has 0 amide bonds. The molecule has 0 aliphatic carbocycles. The van der Waals surface area contributed by atoms with E-state index in [0.717, 1.165) is 12.2 Å². The molecule has 1 fully saturated rings. The molecule has 0 bridgehead atoms. The summed E-state index contributed by atoms with van der Waals surface area (Å²) in [6.07, 6.45) is 6.29. The van der Waals surface area contributed by atoms with Gasteiger partial charge in [0.05, 0.1) is 11.1 Å². The van der Waals surface area contributed by atoms with Crippen molar-refractivity contribution in [3.8, 4) is 0 Å². The van der Waals surface area contributed by atoms with Gasteiger partial charge in [-0.1, -0.05) is 13.8 Å². The van der Waals surface area contributed by atoms with Crippen molar-refractivity contribution in [2.45, 2.75) is 26.8 Å². The summed E-state index contributed by atoms with van der Waals surface area (Å²) in [6, 6.07) is 1.86. The van der Waals surface area contributed by atoms with Gasteiger partial charge in [-0.15, -0.1) is 0 Å². The molecular formula is C15H20N4O2. The van der Waals surface area contributed by atoms with Gasteiger partial charge in [0.15, 0.2) is 0 Å². The second-order valence-corrected chi connectivity index (χ2v) is 6.14. The molecule has 3 heterocycles. The van der Waals surface area contributed by atoms with Gasteiger partial charge in [0.1, 0.15) is 0 Å². The third kappa shape index (κ3) is 2.40. The van der Waals surface area contributed by atoms with Crippen molar-refractivity contribution in [1.29, 1.82) is 0 Å². The molecule has 2 aromatic heterocycles. The van der Waals surface area contributed by atoms with Crippen LogP contribution in [0.4, 0.5) is 0 Å².